The lowest BCUT2D eigenvalue weighted by atomic mass is 10.1. The number of aromatic hydroxyl groups is 1. The zero-order valence-corrected chi connectivity index (χ0v) is 10.8. The van der Waals surface area contributed by atoms with Crippen LogP contribution < -0.4 is 5.32 Å². The molecule has 3 heteroatoms. The molecule has 96 valence electrons. The highest BCUT2D eigenvalue weighted by Gasteiger charge is 2.07. The largest absolute Gasteiger partial charge is 0.508 e. The molecule has 0 amide bonds. The van der Waals surface area contributed by atoms with Crippen molar-refractivity contribution in [2.24, 2.45) is 0 Å². The molecule has 0 aliphatic carbocycles. The van der Waals surface area contributed by atoms with E-state index in [0.717, 1.165) is 23.5 Å². The highest BCUT2D eigenvalue weighted by atomic mass is 16.3. The molecule has 2 aromatic rings. The van der Waals surface area contributed by atoms with Crippen molar-refractivity contribution in [1.82, 2.24) is 5.32 Å². The van der Waals surface area contributed by atoms with Crippen LogP contribution in [0.4, 0.5) is 0 Å². The van der Waals surface area contributed by atoms with E-state index in [9.17, 15) is 5.11 Å². The molecular weight excluding hydrogens is 226 g/mol. The van der Waals surface area contributed by atoms with Crippen LogP contribution in [-0.2, 0) is 13.0 Å². The van der Waals surface area contributed by atoms with Crippen molar-refractivity contribution in [3.63, 3.8) is 0 Å². The van der Waals surface area contributed by atoms with Gasteiger partial charge in [0.2, 0.25) is 0 Å². The molecule has 1 aromatic carbocycles. The Balaban J connectivity index is 1.93. The van der Waals surface area contributed by atoms with Crippen LogP contribution in [0.3, 0.4) is 0 Å². The highest BCUT2D eigenvalue weighted by molar-refractivity contribution is 5.29. The lowest BCUT2D eigenvalue weighted by molar-refractivity contribution is 0.434. The van der Waals surface area contributed by atoms with Gasteiger partial charge in [-0.3, -0.25) is 0 Å². The van der Waals surface area contributed by atoms with E-state index in [2.05, 4.69) is 19.2 Å². The number of phenols is 1. The summed E-state index contributed by atoms with van der Waals surface area (Å²) in [7, 11) is 0. The standard InChI is InChI=1S/C15H19NO2/c1-3-14-7-8-15(18-14)10-16-11(2)12-5-4-6-13(17)9-12/h4-9,11,16-17H,3,10H2,1-2H3. The van der Waals surface area contributed by atoms with E-state index in [1.54, 1.807) is 12.1 Å². The van der Waals surface area contributed by atoms with Crippen LogP contribution in [0.5, 0.6) is 5.75 Å². The second kappa shape index (κ2) is 5.74. The smallest absolute Gasteiger partial charge is 0.117 e. The van der Waals surface area contributed by atoms with Gasteiger partial charge in [-0.2, -0.15) is 0 Å². The summed E-state index contributed by atoms with van der Waals surface area (Å²) in [5.74, 6) is 2.25. The average Bonchev–Trinajstić information content (AvgIpc) is 2.84. The maximum absolute atomic E-state index is 9.44. The summed E-state index contributed by atoms with van der Waals surface area (Å²) < 4.78 is 5.63. The summed E-state index contributed by atoms with van der Waals surface area (Å²) in [6.45, 7) is 4.83. The van der Waals surface area contributed by atoms with Gasteiger partial charge in [-0.25, -0.2) is 0 Å². The van der Waals surface area contributed by atoms with Gasteiger partial charge in [0.15, 0.2) is 0 Å². The number of rotatable bonds is 5. The molecule has 18 heavy (non-hydrogen) atoms. The Morgan fingerprint density at radius 1 is 1.22 bits per heavy atom. The third-order valence-corrected chi connectivity index (χ3v) is 3.02. The molecule has 0 saturated carbocycles. The molecule has 0 spiro atoms. The zero-order chi connectivity index (χ0) is 13.0. The quantitative estimate of drug-likeness (QED) is 0.848. The van der Waals surface area contributed by atoms with Crippen molar-refractivity contribution in [2.45, 2.75) is 32.9 Å². The van der Waals surface area contributed by atoms with Crippen molar-refractivity contribution in [1.29, 1.82) is 0 Å². The van der Waals surface area contributed by atoms with Gasteiger partial charge in [0, 0.05) is 12.5 Å². The van der Waals surface area contributed by atoms with Gasteiger partial charge in [-0.05, 0) is 36.8 Å². The fourth-order valence-electron chi connectivity index (χ4n) is 1.87. The minimum Gasteiger partial charge on any atom is -0.508 e. The molecule has 1 heterocycles. The number of nitrogens with one attached hydrogen (secondary N) is 1. The lowest BCUT2D eigenvalue weighted by Crippen LogP contribution is -2.17. The Morgan fingerprint density at radius 2 is 2.00 bits per heavy atom. The Morgan fingerprint density at radius 3 is 2.67 bits per heavy atom. The van der Waals surface area contributed by atoms with Gasteiger partial charge in [0.05, 0.1) is 6.54 Å². The van der Waals surface area contributed by atoms with Gasteiger partial charge in [-0.15, -0.1) is 0 Å². The first-order valence-electron chi connectivity index (χ1n) is 6.29. The maximum Gasteiger partial charge on any atom is 0.117 e. The molecule has 0 bridgehead atoms. The first-order valence-corrected chi connectivity index (χ1v) is 6.29. The van der Waals surface area contributed by atoms with Crippen molar-refractivity contribution in [3.05, 3.63) is 53.5 Å². The summed E-state index contributed by atoms with van der Waals surface area (Å²) in [5, 5.41) is 12.8. The molecule has 0 aliphatic rings. The van der Waals surface area contributed by atoms with Crippen molar-refractivity contribution in [3.8, 4) is 5.75 Å². The average molecular weight is 245 g/mol. The van der Waals surface area contributed by atoms with E-state index in [-0.39, 0.29) is 6.04 Å². The third kappa shape index (κ3) is 3.14. The summed E-state index contributed by atoms with van der Waals surface area (Å²) in [6, 6.07) is 11.5. The summed E-state index contributed by atoms with van der Waals surface area (Å²) in [4.78, 5) is 0. The second-order valence-electron chi connectivity index (χ2n) is 4.42. The highest BCUT2D eigenvalue weighted by Crippen LogP contribution is 2.18. The minimum absolute atomic E-state index is 0.173. The van der Waals surface area contributed by atoms with Crippen LogP contribution in [-0.4, -0.2) is 5.11 Å². The first kappa shape index (κ1) is 12.7. The molecule has 0 radical (unpaired) electrons. The van der Waals surface area contributed by atoms with E-state index in [0.29, 0.717) is 12.3 Å². The van der Waals surface area contributed by atoms with Crippen LogP contribution in [0.25, 0.3) is 0 Å². The monoisotopic (exact) mass is 245 g/mol. The molecule has 0 aliphatic heterocycles. The first-order chi connectivity index (χ1) is 8.69. The molecule has 1 atom stereocenters. The third-order valence-electron chi connectivity index (χ3n) is 3.02. The number of furan rings is 1. The predicted octanol–water partition coefficient (Wildman–Crippen LogP) is 3.40. The zero-order valence-electron chi connectivity index (χ0n) is 10.8. The molecule has 0 saturated heterocycles. The molecule has 0 fully saturated rings. The molecule has 2 N–H and O–H groups in total. The maximum atomic E-state index is 9.44. The van der Waals surface area contributed by atoms with Crippen molar-refractivity contribution >= 4 is 0 Å². The van der Waals surface area contributed by atoms with Gasteiger partial charge in [0.1, 0.15) is 17.3 Å². The summed E-state index contributed by atoms with van der Waals surface area (Å²) >= 11 is 0. The van der Waals surface area contributed by atoms with Gasteiger partial charge >= 0.3 is 0 Å². The molecule has 1 unspecified atom stereocenters. The van der Waals surface area contributed by atoms with E-state index >= 15 is 0 Å². The van der Waals surface area contributed by atoms with Crippen LogP contribution in [0.2, 0.25) is 0 Å². The number of hydrogen-bond donors (Lipinski definition) is 2. The Kier molecular flexibility index (Phi) is 4.05. The predicted molar refractivity (Wildman–Crippen MR) is 71.4 cm³/mol. The van der Waals surface area contributed by atoms with Gasteiger partial charge < -0.3 is 14.8 Å². The van der Waals surface area contributed by atoms with Crippen LogP contribution in [0.15, 0.2) is 40.8 Å². The van der Waals surface area contributed by atoms with E-state index < -0.39 is 0 Å². The minimum atomic E-state index is 0.173. The van der Waals surface area contributed by atoms with Crippen LogP contribution in [0.1, 0.15) is 37.0 Å². The van der Waals surface area contributed by atoms with Crippen molar-refractivity contribution in [2.75, 3.05) is 0 Å². The van der Waals surface area contributed by atoms with Crippen LogP contribution >= 0.6 is 0 Å². The Bertz CT molecular complexity index is 505. The topological polar surface area (TPSA) is 45.4 Å². The van der Waals surface area contributed by atoms with E-state index in [1.807, 2.05) is 24.3 Å². The molecule has 2 rings (SSSR count). The fraction of sp³-hybridized carbons (Fsp3) is 0.333. The Labute approximate surface area is 107 Å². The fourth-order valence-corrected chi connectivity index (χ4v) is 1.87. The second-order valence-corrected chi connectivity index (χ2v) is 4.42. The Hall–Kier alpha value is -1.74. The van der Waals surface area contributed by atoms with E-state index in [1.165, 1.54) is 0 Å². The number of hydrogen-bond acceptors (Lipinski definition) is 3. The number of aryl methyl sites for hydroxylation is 1. The molecule has 3 nitrogen and oxygen atoms in total. The summed E-state index contributed by atoms with van der Waals surface area (Å²) in [5.41, 5.74) is 1.07. The van der Waals surface area contributed by atoms with E-state index in [4.69, 9.17) is 4.42 Å². The lowest BCUT2D eigenvalue weighted by Gasteiger charge is -2.13. The SMILES string of the molecule is CCc1ccc(CNC(C)c2cccc(O)c2)o1. The van der Waals surface area contributed by atoms with Gasteiger partial charge in [-0.1, -0.05) is 19.1 Å². The molecule has 1 aromatic heterocycles. The van der Waals surface area contributed by atoms with Crippen molar-refractivity contribution < 1.29 is 9.52 Å². The molecular formula is C15H19NO2. The number of phenolic OH excluding ortho intramolecular Hbond substituents is 1. The van der Waals surface area contributed by atoms with Crippen LogP contribution in [0, 0.1) is 0 Å². The number of benzene rings is 1. The van der Waals surface area contributed by atoms with Gasteiger partial charge in [0.25, 0.3) is 0 Å². The summed E-state index contributed by atoms with van der Waals surface area (Å²) in [6.07, 6.45) is 0.919. The normalized spacial score (nSPS) is 12.6.